The molecule has 1 fully saturated rings. The zero-order valence-corrected chi connectivity index (χ0v) is 20.8. The van der Waals surface area contributed by atoms with Crippen molar-refractivity contribution in [2.24, 2.45) is 5.41 Å². The van der Waals surface area contributed by atoms with E-state index >= 15 is 0 Å². The number of nitrogens with zero attached hydrogens (tertiary/aromatic N) is 4. The summed E-state index contributed by atoms with van der Waals surface area (Å²) in [6.07, 6.45) is 21.1. The molecule has 5 rings (SSSR count). The van der Waals surface area contributed by atoms with Gasteiger partial charge in [-0.3, -0.25) is 14.2 Å². The van der Waals surface area contributed by atoms with Gasteiger partial charge in [-0.15, -0.1) is 10.2 Å². The molecule has 186 valence electrons. The monoisotopic (exact) mass is 483 g/mol. The van der Waals surface area contributed by atoms with Crippen LogP contribution in [0.2, 0.25) is 0 Å². The van der Waals surface area contributed by atoms with Crippen LogP contribution in [-0.4, -0.2) is 50.6 Å². The Kier molecular flexibility index (Phi) is 6.98. The number of allylic oxidation sites excluding steroid dienone is 6. The Balaban J connectivity index is 1.30. The van der Waals surface area contributed by atoms with Gasteiger partial charge in [0, 0.05) is 30.4 Å². The predicted octanol–water partition coefficient (Wildman–Crippen LogP) is 4.55. The number of likely N-dealkylation sites (tertiary alicyclic amines) is 1. The Morgan fingerprint density at radius 2 is 1.61 bits per heavy atom. The Labute approximate surface area is 212 Å². The minimum atomic E-state index is -0.570. The van der Waals surface area contributed by atoms with E-state index in [1.54, 1.807) is 17.2 Å². The van der Waals surface area contributed by atoms with Crippen molar-refractivity contribution in [2.45, 2.75) is 51.5 Å². The highest BCUT2D eigenvalue weighted by Crippen LogP contribution is 2.43. The quantitative estimate of drug-likeness (QED) is 0.654. The molecule has 0 radical (unpaired) electrons. The highest BCUT2D eigenvalue weighted by Gasteiger charge is 2.45. The first-order chi connectivity index (χ1) is 17.6. The van der Waals surface area contributed by atoms with Gasteiger partial charge < -0.3 is 10.2 Å². The number of hydrogen-bond donors (Lipinski definition) is 1. The average molecular weight is 484 g/mol. The van der Waals surface area contributed by atoms with Crippen LogP contribution in [0.5, 0.6) is 0 Å². The molecule has 2 amide bonds. The number of carbonyl (C=O) groups excluding carboxylic acids is 2. The Bertz CT molecular complexity index is 1210. The van der Waals surface area contributed by atoms with Gasteiger partial charge in [-0.25, -0.2) is 0 Å². The van der Waals surface area contributed by atoms with Gasteiger partial charge in [0.2, 0.25) is 5.91 Å². The third kappa shape index (κ3) is 4.83. The number of nitrogens with one attached hydrogen (secondary N) is 1. The number of piperidine rings is 1. The molecule has 2 aromatic rings. The second kappa shape index (κ2) is 10.5. The third-order valence-electron chi connectivity index (χ3n) is 7.75. The van der Waals surface area contributed by atoms with E-state index in [9.17, 15) is 9.59 Å². The number of rotatable bonds is 6. The van der Waals surface area contributed by atoms with E-state index in [1.165, 1.54) is 11.1 Å². The summed E-state index contributed by atoms with van der Waals surface area (Å²) < 4.78 is 1.80. The summed E-state index contributed by atoms with van der Waals surface area (Å²) in [4.78, 5) is 29.0. The molecular weight excluding hydrogens is 450 g/mol. The molecule has 0 saturated carbocycles. The van der Waals surface area contributed by atoms with Crippen LogP contribution in [0.1, 0.15) is 55.8 Å². The van der Waals surface area contributed by atoms with Crippen molar-refractivity contribution in [1.29, 1.82) is 0 Å². The molecule has 1 aliphatic heterocycles. The van der Waals surface area contributed by atoms with Crippen LogP contribution in [0.15, 0.2) is 84.5 Å². The van der Waals surface area contributed by atoms with Gasteiger partial charge in [0.15, 0.2) is 0 Å². The van der Waals surface area contributed by atoms with Gasteiger partial charge in [0.1, 0.15) is 12.7 Å². The minimum Gasteiger partial charge on any atom is -0.349 e. The van der Waals surface area contributed by atoms with Crippen LogP contribution in [0, 0.1) is 5.41 Å². The van der Waals surface area contributed by atoms with Crippen molar-refractivity contribution < 1.29 is 9.59 Å². The van der Waals surface area contributed by atoms with E-state index in [0.29, 0.717) is 31.5 Å². The van der Waals surface area contributed by atoms with Crippen molar-refractivity contribution in [3.63, 3.8) is 0 Å². The molecule has 1 aromatic heterocycles. The lowest BCUT2D eigenvalue weighted by atomic mass is 9.69. The highest BCUT2D eigenvalue weighted by atomic mass is 16.2. The number of aromatic nitrogens is 3. The summed E-state index contributed by atoms with van der Waals surface area (Å²) in [5.74, 6) is 0.0988. The molecule has 7 heteroatoms. The zero-order chi connectivity index (χ0) is 25.0. The van der Waals surface area contributed by atoms with Gasteiger partial charge in [0.05, 0.1) is 5.41 Å². The molecular formula is C29H33N5O2. The number of amides is 2. The first-order valence-corrected chi connectivity index (χ1v) is 12.8. The van der Waals surface area contributed by atoms with Gasteiger partial charge >= 0.3 is 0 Å². The Morgan fingerprint density at radius 1 is 0.944 bits per heavy atom. The van der Waals surface area contributed by atoms with Crippen LogP contribution >= 0.6 is 0 Å². The molecule has 2 heterocycles. The Hall–Kier alpha value is -3.74. The standard InChI is InChI=1S/C29H33N5O2/c1-22(23-8-4-2-5-9-23)32-28(36)29(25-10-6-3-7-11-25)16-18-33(19-17-29)27(35)24-12-14-26(15-13-24)34-20-30-31-21-34/h2-4,6,8,10,12-15,20-22H,5,7,9,11,16-19H2,1H3,(H,32,36)/t22-/m0/s1. The molecule has 36 heavy (non-hydrogen) atoms. The van der Waals surface area contributed by atoms with E-state index in [-0.39, 0.29) is 17.9 Å². The fourth-order valence-electron chi connectivity index (χ4n) is 5.49. The Morgan fingerprint density at radius 3 is 2.22 bits per heavy atom. The predicted molar refractivity (Wildman–Crippen MR) is 139 cm³/mol. The highest BCUT2D eigenvalue weighted by molar-refractivity contribution is 5.95. The van der Waals surface area contributed by atoms with E-state index < -0.39 is 5.41 Å². The van der Waals surface area contributed by atoms with E-state index in [4.69, 9.17) is 0 Å². The molecule has 1 aromatic carbocycles. The molecule has 0 unspecified atom stereocenters. The van der Waals surface area contributed by atoms with E-state index in [0.717, 1.165) is 31.4 Å². The lowest BCUT2D eigenvalue weighted by molar-refractivity contribution is -0.131. The van der Waals surface area contributed by atoms with Crippen molar-refractivity contribution in [1.82, 2.24) is 25.0 Å². The molecule has 1 saturated heterocycles. The first-order valence-electron chi connectivity index (χ1n) is 12.8. The second-order valence-corrected chi connectivity index (χ2v) is 9.85. The van der Waals surface area contributed by atoms with Crippen LogP contribution < -0.4 is 5.32 Å². The number of benzene rings is 1. The smallest absolute Gasteiger partial charge is 0.253 e. The van der Waals surface area contributed by atoms with Gasteiger partial charge in [-0.1, -0.05) is 42.0 Å². The fourth-order valence-corrected chi connectivity index (χ4v) is 5.49. The molecule has 3 aliphatic rings. The maximum atomic E-state index is 13.8. The maximum Gasteiger partial charge on any atom is 0.253 e. The van der Waals surface area contributed by atoms with Crippen molar-refractivity contribution in [3.05, 3.63) is 90.1 Å². The van der Waals surface area contributed by atoms with Crippen LogP contribution in [0.25, 0.3) is 5.69 Å². The molecule has 0 bridgehead atoms. The lowest BCUT2D eigenvalue weighted by Gasteiger charge is -2.43. The maximum absolute atomic E-state index is 13.8. The first kappa shape index (κ1) is 24.0. The van der Waals surface area contributed by atoms with Crippen molar-refractivity contribution in [2.75, 3.05) is 13.1 Å². The summed E-state index contributed by atoms with van der Waals surface area (Å²) in [5.41, 5.74) is 3.44. The van der Waals surface area contributed by atoms with Crippen molar-refractivity contribution in [3.8, 4) is 5.69 Å². The third-order valence-corrected chi connectivity index (χ3v) is 7.75. The van der Waals surface area contributed by atoms with E-state index in [1.807, 2.05) is 29.2 Å². The molecule has 7 nitrogen and oxygen atoms in total. The number of carbonyl (C=O) groups is 2. The summed E-state index contributed by atoms with van der Waals surface area (Å²) in [5, 5.41) is 11.0. The minimum absolute atomic E-state index is 0.00271. The zero-order valence-electron chi connectivity index (χ0n) is 20.8. The van der Waals surface area contributed by atoms with Crippen LogP contribution in [0.4, 0.5) is 0 Å². The van der Waals surface area contributed by atoms with Crippen LogP contribution in [-0.2, 0) is 4.79 Å². The van der Waals surface area contributed by atoms with Crippen LogP contribution in [0.3, 0.4) is 0 Å². The second-order valence-electron chi connectivity index (χ2n) is 9.85. The van der Waals surface area contributed by atoms with E-state index in [2.05, 4.69) is 58.9 Å². The SMILES string of the molecule is C[C@H](NC(=O)C1(C2=CC=CCC2)CCN(C(=O)c2ccc(-n3cnnc3)cc2)CC1)C1=CC=CCC1. The molecule has 1 atom stereocenters. The average Bonchev–Trinajstić information content (AvgIpc) is 3.49. The van der Waals surface area contributed by atoms with Gasteiger partial charge in [-0.05, 0) is 75.3 Å². The molecule has 0 spiro atoms. The number of hydrogen-bond acceptors (Lipinski definition) is 4. The summed E-state index contributed by atoms with van der Waals surface area (Å²) >= 11 is 0. The largest absolute Gasteiger partial charge is 0.349 e. The van der Waals surface area contributed by atoms with Gasteiger partial charge in [-0.2, -0.15) is 0 Å². The molecule has 1 N–H and O–H groups in total. The topological polar surface area (TPSA) is 80.1 Å². The summed E-state index contributed by atoms with van der Waals surface area (Å²) in [7, 11) is 0. The lowest BCUT2D eigenvalue weighted by Crippen LogP contribution is -2.53. The summed E-state index contributed by atoms with van der Waals surface area (Å²) in [6, 6.07) is 7.48. The summed E-state index contributed by atoms with van der Waals surface area (Å²) in [6.45, 7) is 3.19. The molecule has 2 aliphatic carbocycles. The van der Waals surface area contributed by atoms with Crippen molar-refractivity contribution >= 4 is 11.8 Å². The fraction of sp³-hybridized carbons (Fsp3) is 0.379. The normalized spacial score (nSPS) is 19.9. The van der Waals surface area contributed by atoms with Gasteiger partial charge in [0.25, 0.3) is 5.91 Å².